The molecule has 0 aromatic heterocycles. The number of carbonyl (C=O) groups excluding carboxylic acids is 1. The number of para-hydroxylation sites is 1. The summed E-state index contributed by atoms with van der Waals surface area (Å²) in [6.07, 6.45) is 8.54. The third kappa shape index (κ3) is 4.25. The van der Waals surface area contributed by atoms with Crippen LogP contribution in [0, 0.1) is 11.3 Å². The van der Waals surface area contributed by atoms with Crippen molar-refractivity contribution >= 4 is 17.7 Å². The molecule has 0 radical (unpaired) electrons. The van der Waals surface area contributed by atoms with Gasteiger partial charge in [-0.25, -0.2) is 0 Å². The Kier molecular flexibility index (Phi) is 5.63. The summed E-state index contributed by atoms with van der Waals surface area (Å²) in [5.41, 5.74) is 6.98. The summed E-state index contributed by atoms with van der Waals surface area (Å²) in [5.74, 6) is 0.333. The van der Waals surface area contributed by atoms with Crippen molar-refractivity contribution in [2.75, 3.05) is 11.9 Å². The van der Waals surface area contributed by atoms with E-state index in [1.165, 1.54) is 16.7 Å². The van der Waals surface area contributed by atoms with Crippen LogP contribution in [-0.2, 0) is 4.74 Å². The van der Waals surface area contributed by atoms with Gasteiger partial charge in [-0.2, -0.15) is 0 Å². The van der Waals surface area contributed by atoms with Crippen molar-refractivity contribution in [1.29, 1.82) is 0 Å². The van der Waals surface area contributed by atoms with Gasteiger partial charge in [0.1, 0.15) is 6.61 Å². The molecule has 0 fully saturated rings. The van der Waals surface area contributed by atoms with Gasteiger partial charge in [0.2, 0.25) is 0 Å². The summed E-state index contributed by atoms with van der Waals surface area (Å²) >= 11 is 0. The molecule has 2 aliphatic rings. The van der Waals surface area contributed by atoms with Crippen LogP contribution in [0.2, 0.25) is 0 Å². The Balaban J connectivity index is 1.51. The lowest BCUT2D eigenvalue weighted by atomic mass is 9.66. The largest absolute Gasteiger partial charge is 0.497 e. The lowest BCUT2D eigenvalue weighted by Gasteiger charge is -2.40. The molecule has 0 saturated carbocycles. The van der Waals surface area contributed by atoms with Crippen molar-refractivity contribution in [1.82, 2.24) is 0 Å². The maximum atomic E-state index is 12.5. The molecule has 1 aliphatic heterocycles. The molecule has 1 N–H and O–H groups in total. The van der Waals surface area contributed by atoms with Crippen LogP contribution in [0.5, 0.6) is 0 Å². The standard InChI is InChI=1S/C27H29NO2/c1-19(23-13-15-27(2,3)25-18-30-16-14-24(23)25)17-20-9-11-21(12-10-20)26(29)28-22-7-5-4-6-8-22/h4-12,14,16-17,23H,13,15,18H2,1-3H3,(H,28,29). The Morgan fingerprint density at radius 3 is 2.57 bits per heavy atom. The van der Waals surface area contributed by atoms with Crippen LogP contribution < -0.4 is 5.32 Å². The van der Waals surface area contributed by atoms with Crippen LogP contribution in [0.1, 0.15) is 49.5 Å². The third-order valence-electron chi connectivity index (χ3n) is 6.32. The summed E-state index contributed by atoms with van der Waals surface area (Å²) in [6, 6.07) is 17.3. The zero-order valence-corrected chi connectivity index (χ0v) is 17.9. The van der Waals surface area contributed by atoms with E-state index in [-0.39, 0.29) is 11.3 Å². The van der Waals surface area contributed by atoms with Crippen molar-refractivity contribution in [3.05, 3.63) is 94.8 Å². The highest BCUT2D eigenvalue weighted by Crippen LogP contribution is 2.47. The second kappa shape index (κ2) is 8.35. The van der Waals surface area contributed by atoms with E-state index in [2.05, 4.69) is 38.2 Å². The van der Waals surface area contributed by atoms with E-state index in [0.717, 1.165) is 24.1 Å². The highest BCUT2D eigenvalue weighted by molar-refractivity contribution is 6.04. The number of amides is 1. The minimum absolute atomic E-state index is 0.0925. The number of hydrogen-bond acceptors (Lipinski definition) is 2. The summed E-state index contributed by atoms with van der Waals surface area (Å²) < 4.78 is 5.60. The van der Waals surface area contributed by atoms with Gasteiger partial charge in [-0.3, -0.25) is 4.79 Å². The zero-order chi connectivity index (χ0) is 21.1. The molecule has 1 heterocycles. The predicted molar refractivity (Wildman–Crippen MR) is 123 cm³/mol. The first-order valence-corrected chi connectivity index (χ1v) is 10.6. The van der Waals surface area contributed by atoms with Crippen molar-refractivity contribution in [3.63, 3.8) is 0 Å². The summed E-state index contributed by atoms with van der Waals surface area (Å²) in [6.45, 7) is 7.56. The van der Waals surface area contributed by atoms with Gasteiger partial charge in [0.15, 0.2) is 0 Å². The highest BCUT2D eigenvalue weighted by atomic mass is 16.5. The number of ether oxygens (including phenoxy) is 1. The van der Waals surface area contributed by atoms with Gasteiger partial charge in [0.25, 0.3) is 5.91 Å². The van der Waals surface area contributed by atoms with Crippen LogP contribution in [0.4, 0.5) is 5.69 Å². The van der Waals surface area contributed by atoms with Crippen LogP contribution in [0.15, 0.2) is 83.7 Å². The number of allylic oxidation sites excluding steroid dienone is 3. The average molecular weight is 400 g/mol. The van der Waals surface area contributed by atoms with Gasteiger partial charge >= 0.3 is 0 Å². The van der Waals surface area contributed by atoms with E-state index in [0.29, 0.717) is 18.1 Å². The fraction of sp³-hybridized carbons (Fsp3) is 0.296. The van der Waals surface area contributed by atoms with Crippen LogP contribution in [0.25, 0.3) is 6.08 Å². The average Bonchev–Trinajstić information content (AvgIpc) is 2.75. The number of anilines is 1. The van der Waals surface area contributed by atoms with E-state index in [4.69, 9.17) is 4.74 Å². The van der Waals surface area contributed by atoms with Gasteiger partial charge in [-0.1, -0.05) is 55.8 Å². The summed E-state index contributed by atoms with van der Waals surface area (Å²) in [4.78, 5) is 12.5. The molecule has 30 heavy (non-hydrogen) atoms. The molecule has 3 heteroatoms. The maximum absolute atomic E-state index is 12.5. The second-order valence-electron chi connectivity index (χ2n) is 8.85. The second-order valence-corrected chi connectivity index (χ2v) is 8.85. The lowest BCUT2D eigenvalue weighted by Crippen LogP contribution is -2.29. The Morgan fingerprint density at radius 2 is 1.83 bits per heavy atom. The first kappa shape index (κ1) is 20.2. The van der Waals surface area contributed by atoms with Crippen LogP contribution in [-0.4, -0.2) is 12.5 Å². The fourth-order valence-electron chi connectivity index (χ4n) is 4.45. The fourth-order valence-corrected chi connectivity index (χ4v) is 4.45. The van der Waals surface area contributed by atoms with Gasteiger partial charge in [-0.15, -0.1) is 0 Å². The summed E-state index contributed by atoms with van der Waals surface area (Å²) in [5, 5.41) is 2.93. The third-order valence-corrected chi connectivity index (χ3v) is 6.32. The van der Waals surface area contributed by atoms with Crippen LogP contribution in [0.3, 0.4) is 0 Å². The van der Waals surface area contributed by atoms with E-state index < -0.39 is 0 Å². The van der Waals surface area contributed by atoms with Crippen molar-refractivity contribution in [2.24, 2.45) is 11.3 Å². The van der Waals surface area contributed by atoms with Crippen LogP contribution >= 0.6 is 0 Å². The number of nitrogens with one attached hydrogen (secondary N) is 1. The Morgan fingerprint density at radius 1 is 1.10 bits per heavy atom. The zero-order valence-electron chi connectivity index (χ0n) is 17.9. The smallest absolute Gasteiger partial charge is 0.255 e. The van der Waals surface area contributed by atoms with E-state index in [1.807, 2.05) is 60.9 Å². The lowest BCUT2D eigenvalue weighted by molar-refractivity contribution is 0.102. The molecule has 1 atom stereocenters. The van der Waals surface area contributed by atoms with Crippen molar-refractivity contribution < 1.29 is 9.53 Å². The molecule has 0 saturated heterocycles. The molecule has 0 bridgehead atoms. The predicted octanol–water partition coefficient (Wildman–Crippen LogP) is 6.62. The summed E-state index contributed by atoms with van der Waals surface area (Å²) in [7, 11) is 0. The molecular formula is C27H29NO2. The normalized spacial score (nSPS) is 20.4. The number of hydrogen-bond donors (Lipinski definition) is 1. The maximum Gasteiger partial charge on any atom is 0.255 e. The minimum Gasteiger partial charge on any atom is -0.497 e. The first-order valence-electron chi connectivity index (χ1n) is 10.6. The number of carbonyl (C=O) groups is 1. The van der Waals surface area contributed by atoms with Gasteiger partial charge in [0.05, 0.1) is 6.26 Å². The Labute approximate surface area is 179 Å². The van der Waals surface area contributed by atoms with E-state index in [9.17, 15) is 4.79 Å². The molecule has 0 spiro atoms. The van der Waals surface area contributed by atoms with E-state index >= 15 is 0 Å². The molecule has 2 aromatic rings. The monoisotopic (exact) mass is 399 g/mol. The van der Waals surface area contributed by atoms with E-state index in [1.54, 1.807) is 0 Å². The molecular weight excluding hydrogens is 370 g/mol. The highest BCUT2D eigenvalue weighted by Gasteiger charge is 2.35. The molecule has 154 valence electrons. The molecule has 3 nitrogen and oxygen atoms in total. The molecule has 4 rings (SSSR count). The molecule has 1 aliphatic carbocycles. The van der Waals surface area contributed by atoms with Gasteiger partial charge in [0, 0.05) is 17.2 Å². The number of benzene rings is 2. The van der Waals surface area contributed by atoms with Crippen molar-refractivity contribution in [2.45, 2.75) is 33.6 Å². The van der Waals surface area contributed by atoms with Crippen molar-refractivity contribution in [3.8, 4) is 0 Å². The first-order chi connectivity index (χ1) is 14.4. The Bertz CT molecular complexity index is 1010. The number of rotatable bonds is 4. The SMILES string of the molecule is CC(=Cc1ccc(C(=O)Nc2ccccc2)cc1)C1CCC(C)(C)C2=C1C=COC2. The topological polar surface area (TPSA) is 38.3 Å². The molecule has 2 aromatic carbocycles. The minimum atomic E-state index is -0.0925. The van der Waals surface area contributed by atoms with Gasteiger partial charge < -0.3 is 10.1 Å². The quantitative estimate of drug-likeness (QED) is 0.627. The Hall–Kier alpha value is -3.07. The van der Waals surface area contributed by atoms with Gasteiger partial charge in [-0.05, 0) is 72.2 Å². The molecule has 1 amide bonds. The molecule has 1 unspecified atom stereocenters.